The van der Waals surface area contributed by atoms with E-state index in [9.17, 15) is 14.7 Å². The van der Waals surface area contributed by atoms with Gasteiger partial charge in [-0.2, -0.15) is 0 Å². The fourth-order valence-corrected chi connectivity index (χ4v) is 5.90. The minimum atomic E-state index is -0.968. The van der Waals surface area contributed by atoms with E-state index < -0.39 is 18.0 Å². The number of carbonyl (C=O) groups excluding carboxylic acids is 1. The topological polar surface area (TPSA) is 75.6 Å². The molecule has 256 valence electrons. The zero-order chi connectivity index (χ0) is 31.5. The van der Waals surface area contributed by atoms with E-state index >= 15 is 0 Å². The number of nitrogens with one attached hydrogen (secondary N) is 1. The standard InChI is InChI=1S/C38H75NO4/c1-3-5-7-9-11-13-15-17-19-21-23-25-27-29-31-33-39-36(38(41)42)35-37(40)43-34-32-30-28-26-24-22-20-18-16-14-12-10-8-6-4-2/h36,39H,3-35H2,1-2H3,(H,41,42). The highest BCUT2D eigenvalue weighted by molar-refractivity contribution is 5.81. The maximum absolute atomic E-state index is 12.2. The van der Waals surface area contributed by atoms with Crippen LogP contribution in [0.25, 0.3) is 0 Å². The predicted octanol–water partition coefficient (Wildman–Crippen LogP) is 11.7. The SMILES string of the molecule is CCCCCCCCCCCCCCCCCNC(CC(=O)OCCCCCCCCCCCCCCCCC)C(=O)O. The molecule has 0 aliphatic rings. The summed E-state index contributed by atoms with van der Waals surface area (Å²) < 4.78 is 5.33. The lowest BCUT2D eigenvalue weighted by Crippen LogP contribution is -2.39. The molecule has 1 atom stereocenters. The van der Waals surface area contributed by atoms with Crippen molar-refractivity contribution in [3.8, 4) is 0 Å². The summed E-state index contributed by atoms with van der Waals surface area (Å²) >= 11 is 0. The molecule has 5 nitrogen and oxygen atoms in total. The zero-order valence-electron chi connectivity index (χ0n) is 29.1. The highest BCUT2D eigenvalue weighted by atomic mass is 16.5. The summed E-state index contributed by atoms with van der Waals surface area (Å²) in [7, 11) is 0. The fraction of sp³-hybridized carbons (Fsp3) is 0.947. The average molecular weight is 610 g/mol. The molecular weight excluding hydrogens is 534 g/mol. The van der Waals surface area contributed by atoms with Crippen LogP contribution in [0.5, 0.6) is 0 Å². The Labute approximate surface area is 268 Å². The van der Waals surface area contributed by atoms with Gasteiger partial charge < -0.3 is 15.2 Å². The Hall–Kier alpha value is -1.10. The van der Waals surface area contributed by atoms with E-state index in [2.05, 4.69) is 19.2 Å². The number of hydrogen-bond donors (Lipinski definition) is 2. The minimum absolute atomic E-state index is 0.0905. The number of carboxylic acids is 1. The van der Waals surface area contributed by atoms with Crippen molar-refractivity contribution in [1.29, 1.82) is 0 Å². The summed E-state index contributed by atoms with van der Waals surface area (Å²) in [4.78, 5) is 23.7. The van der Waals surface area contributed by atoms with E-state index in [0.29, 0.717) is 13.2 Å². The van der Waals surface area contributed by atoms with Gasteiger partial charge in [-0.15, -0.1) is 0 Å². The molecule has 0 aliphatic carbocycles. The summed E-state index contributed by atoms with van der Waals surface area (Å²) in [5, 5.41) is 12.5. The maximum Gasteiger partial charge on any atom is 0.321 e. The van der Waals surface area contributed by atoms with Gasteiger partial charge in [0, 0.05) is 0 Å². The van der Waals surface area contributed by atoms with Crippen LogP contribution in [0.15, 0.2) is 0 Å². The average Bonchev–Trinajstić information content (AvgIpc) is 3.00. The molecule has 5 heteroatoms. The number of hydrogen-bond acceptors (Lipinski definition) is 4. The number of ether oxygens (including phenoxy) is 1. The smallest absolute Gasteiger partial charge is 0.321 e. The highest BCUT2D eigenvalue weighted by Gasteiger charge is 2.21. The summed E-state index contributed by atoms with van der Waals surface area (Å²) in [6.45, 7) is 5.59. The van der Waals surface area contributed by atoms with Crippen LogP contribution in [0, 0.1) is 0 Å². The van der Waals surface area contributed by atoms with Crippen molar-refractivity contribution in [2.45, 2.75) is 219 Å². The number of carboxylic acid groups (broad SMARTS) is 1. The second-order valence-corrected chi connectivity index (χ2v) is 13.2. The molecular formula is C38H75NO4. The lowest BCUT2D eigenvalue weighted by molar-refractivity contribution is -0.149. The molecule has 2 N–H and O–H groups in total. The maximum atomic E-state index is 12.2. The van der Waals surface area contributed by atoms with Crippen molar-refractivity contribution in [3.63, 3.8) is 0 Å². The van der Waals surface area contributed by atoms with Crippen LogP contribution in [0.4, 0.5) is 0 Å². The largest absolute Gasteiger partial charge is 0.480 e. The van der Waals surface area contributed by atoms with E-state index in [1.165, 1.54) is 167 Å². The van der Waals surface area contributed by atoms with Crippen LogP contribution in [0.2, 0.25) is 0 Å². The lowest BCUT2D eigenvalue weighted by atomic mass is 10.0. The molecule has 0 spiro atoms. The second kappa shape index (κ2) is 35.4. The third-order valence-corrected chi connectivity index (χ3v) is 8.85. The van der Waals surface area contributed by atoms with E-state index in [4.69, 9.17) is 4.74 Å². The first-order valence-corrected chi connectivity index (χ1v) is 19.2. The molecule has 0 aliphatic heterocycles. The van der Waals surface area contributed by atoms with Crippen LogP contribution in [-0.2, 0) is 14.3 Å². The Kier molecular flexibility index (Phi) is 34.5. The van der Waals surface area contributed by atoms with Gasteiger partial charge in [0.2, 0.25) is 0 Å². The van der Waals surface area contributed by atoms with Gasteiger partial charge >= 0.3 is 11.9 Å². The number of unbranched alkanes of at least 4 members (excludes halogenated alkanes) is 28. The molecule has 0 rings (SSSR count). The molecule has 0 aromatic carbocycles. The van der Waals surface area contributed by atoms with Crippen molar-refractivity contribution >= 4 is 11.9 Å². The van der Waals surface area contributed by atoms with Gasteiger partial charge in [0.15, 0.2) is 0 Å². The van der Waals surface area contributed by atoms with Crippen molar-refractivity contribution < 1.29 is 19.4 Å². The quantitative estimate of drug-likeness (QED) is 0.0546. The first kappa shape index (κ1) is 41.9. The molecule has 0 aromatic rings. The van der Waals surface area contributed by atoms with Gasteiger partial charge in [-0.05, 0) is 19.4 Å². The summed E-state index contributed by atoms with van der Waals surface area (Å²) in [5.41, 5.74) is 0. The first-order valence-electron chi connectivity index (χ1n) is 19.2. The number of carbonyl (C=O) groups is 2. The van der Waals surface area contributed by atoms with Gasteiger partial charge in [-0.1, -0.05) is 194 Å². The Morgan fingerprint density at radius 2 is 0.791 bits per heavy atom. The van der Waals surface area contributed by atoms with Gasteiger partial charge in [-0.3, -0.25) is 9.59 Å². The van der Waals surface area contributed by atoms with E-state index in [0.717, 1.165) is 25.7 Å². The molecule has 1 unspecified atom stereocenters. The third kappa shape index (κ3) is 33.6. The Morgan fingerprint density at radius 3 is 1.12 bits per heavy atom. The van der Waals surface area contributed by atoms with E-state index in [-0.39, 0.29) is 6.42 Å². The Bertz CT molecular complexity index is 582. The summed E-state index contributed by atoms with van der Waals surface area (Å²) in [6, 6.07) is -0.847. The summed E-state index contributed by atoms with van der Waals surface area (Å²) in [5.74, 6) is -1.37. The van der Waals surface area contributed by atoms with Gasteiger partial charge in [-0.25, -0.2) is 0 Å². The fourth-order valence-electron chi connectivity index (χ4n) is 5.90. The molecule has 43 heavy (non-hydrogen) atoms. The number of aliphatic carboxylic acids is 1. The molecule has 0 amide bonds. The third-order valence-electron chi connectivity index (χ3n) is 8.85. The number of rotatable bonds is 36. The lowest BCUT2D eigenvalue weighted by Gasteiger charge is -2.14. The van der Waals surface area contributed by atoms with Crippen molar-refractivity contribution in [2.75, 3.05) is 13.2 Å². The molecule has 0 saturated carbocycles. The van der Waals surface area contributed by atoms with Crippen molar-refractivity contribution in [1.82, 2.24) is 5.32 Å². The van der Waals surface area contributed by atoms with Crippen LogP contribution in [0.3, 0.4) is 0 Å². The molecule has 0 saturated heterocycles. The van der Waals surface area contributed by atoms with E-state index in [1.54, 1.807) is 0 Å². The van der Waals surface area contributed by atoms with Crippen molar-refractivity contribution in [2.24, 2.45) is 0 Å². The van der Waals surface area contributed by atoms with Crippen LogP contribution >= 0.6 is 0 Å². The van der Waals surface area contributed by atoms with Crippen LogP contribution < -0.4 is 5.32 Å². The summed E-state index contributed by atoms with van der Waals surface area (Å²) in [6.07, 6.45) is 39.2. The van der Waals surface area contributed by atoms with Crippen LogP contribution in [-0.4, -0.2) is 36.2 Å². The highest BCUT2D eigenvalue weighted by Crippen LogP contribution is 2.15. The normalized spacial score (nSPS) is 12.0. The molecule has 0 heterocycles. The zero-order valence-corrected chi connectivity index (χ0v) is 29.1. The van der Waals surface area contributed by atoms with E-state index in [1.807, 2.05) is 0 Å². The molecule has 0 fully saturated rings. The van der Waals surface area contributed by atoms with Gasteiger partial charge in [0.25, 0.3) is 0 Å². The minimum Gasteiger partial charge on any atom is -0.480 e. The Morgan fingerprint density at radius 1 is 0.488 bits per heavy atom. The van der Waals surface area contributed by atoms with Gasteiger partial charge in [0.1, 0.15) is 6.04 Å². The monoisotopic (exact) mass is 610 g/mol. The molecule has 0 aromatic heterocycles. The second-order valence-electron chi connectivity index (χ2n) is 13.2. The van der Waals surface area contributed by atoms with Gasteiger partial charge in [0.05, 0.1) is 13.0 Å². The number of esters is 1. The van der Waals surface area contributed by atoms with Crippen LogP contribution in [0.1, 0.15) is 213 Å². The molecule has 0 bridgehead atoms. The first-order chi connectivity index (χ1) is 21.1. The van der Waals surface area contributed by atoms with Crippen molar-refractivity contribution in [3.05, 3.63) is 0 Å². The molecule has 0 radical (unpaired) electrons. The Balaban J connectivity index is 3.49. The predicted molar refractivity (Wildman–Crippen MR) is 185 cm³/mol.